The molecule has 1 aliphatic heterocycles. The lowest BCUT2D eigenvalue weighted by molar-refractivity contribution is 0.665. The number of rotatable bonds is 1. The fourth-order valence-corrected chi connectivity index (χ4v) is 3.94. The minimum atomic E-state index is 0.342. The number of thiophene rings is 1. The molecule has 0 saturated heterocycles. The molecule has 0 bridgehead atoms. The van der Waals surface area contributed by atoms with Crippen LogP contribution in [-0.2, 0) is 0 Å². The van der Waals surface area contributed by atoms with Gasteiger partial charge in [-0.25, -0.2) is 4.68 Å². The van der Waals surface area contributed by atoms with Gasteiger partial charge in [0, 0.05) is 20.5 Å². The second kappa shape index (κ2) is 3.80. The van der Waals surface area contributed by atoms with Gasteiger partial charge in [0.25, 0.3) is 0 Å². The summed E-state index contributed by atoms with van der Waals surface area (Å²) in [6, 6.07) is 2.49. The van der Waals surface area contributed by atoms with Gasteiger partial charge in [-0.05, 0) is 22.0 Å². The first kappa shape index (κ1) is 9.68. The molecular weight excluding hydrogens is 296 g/mol. The molecule has 0 fully saturated rings. The molecule has 0 aliphatic carbocycles. The Morgan fingerprint density at radius 2 is 2.53 bits per heavy atom. The van der Waals surface area contributed by atoms with Crippen LogP contribution in [0, 0.1) is 0 Å². The molecule has 1 unspecified atom stereocenters. The van der Waals surface area contributed by atoms with Crippen molar-refractivity contribution in [3.63, 3.8) is 0 Å². The van der Waals surface area contributed by atoms with E-state index in [-0.39, 0.29) is 0 Å². The van der Waals surface area contributed by atoms with Crippen LogP contribution in [0.2, 0.25) is 0 Å². The number of hydrogen-bond acceptors (Lipinski definition) is 5. The van der Waals surface area contributed by atoms with Gasteiger partial charge < -0.3 is 5.43 Å². The minimum Gasteiger partial charge on any atom is -0.313 e. The molecule has 1 N–H and O–H groups in total. The maximum Gasteiger partial charge on any atom is 0.209 e. The second-order valence-electron chi connectivity index (χ2n) is 3.14. The summed E-state index contributed by atoms with van der Waals surface area (Å²) in [5.41, 5.74) is 3.37. The van der Waals surface area contributed by atoms with Crippen molar-refractivity contribution in [1.29, 1.82) is 0 Å². The van der Waals surface area contributed by atoms with Gasteiger partial charge >= 0.3 is 0 Å². The molecule has 4 nitrogen and oxygen atoms in total. The highest BCUT2D eigenvalue weighted by molar-refractivity contribution is 9.10. The molecule has 2 aromatic heterocycles. The molecule has 3 heterocycles. The molecule has 0 spiro atoms. The first-order valence-electron chi connectivity index (χ1n) is 4.36. The Morgan fingerprint density at radius 3 is 3.33 bits per heavy atom. The third-order valence-electron chi connectivity index (χ3n) is 2.12. The van der Waals surface area contributed by atoms with E-state index in [0.29, 0.717) is 6.04 Å². The van der Waals surface area contributed by atoms with Crippen molar-refractivity contribution in [2.45, 2.75) is 11.2 Å². The van der Waals surface area contributed by atoms with Crippen molar-refractivity contribution in [3.8, 4) is 0 Å². The predicted molar refractivity (Wildman–Crippen MR) is 64.9 cm³/mol. The van der Waals surface area contributed by atoms with E-state index in [0.717, 1.165) is 15.4 Å². The lowest BCUT2D eigenvalue weighted by Crippen LogP contribution is -2.26. The number of halogens is 1. The van der Waals surface area contributed by atoms with E-state index in [4.69, 9.17) is 0 Å². The van der Waals surface area contributed by atoms with E-state index in [2.05, 4.69) is 43.0 Å². The van der Waals surface area contributed by atoms with Crippen molar-refractivity contribution in [3.05, 3.63) is 27.1 Å². The highest BCUT2D eigenvalue weighted by atomic mass is 79.9. The summed E-state index contributed by atoms with van der Waals surface area (Å²) in [6.45, 7) is 0. The Labute approximate surface area is 103 Å². The van der Waals surface area contributed by atoms with Crippen molar-refractivity contribution >= 4 is 39.0 Å². The van der Waals surface area contributed by atoms with E-state index in [1.54, 1.807) is 29.4 Å². The van der Waals surface area contributed by atoms with E-state index < -0.39 is 0 Å². The lowest BCUT2D eigenvalue weighted by Gasteiger charge is -2.23. The van der Waals surface area contributed by atoms with E-state index >= 15 is 0 Å². The third kappa shape index (κ3) is 1.79. The molecule has 3 rings (SSSR count). The monoisotopic (exact) mass is 302 g/mol. The second-order valence-corrected chi connectivity index (χ2v) is 5.99. The van der Waals surface area contributed by atoms with E-state index in [9.17, 15) is 0 Å². The summed E-state index contributed by atoms with van der Waals surface area (Å²) in [5, 5.41) is 10.9. The van der Waals surface area contributed by atoms with Crippen LogP contribution in [-0.4, -0.2) is 20.6 Å². The van der Waals surface area contributed by atoms with Gasteiger partial charge in [0.1, 0.15) is 6.33 Å². The van der Waals surface area contributed by atoms with Gasteiger partial charge in [-0.2, -0.15) is 0 Å². The SMILES string of the molecule is Brc1csc(C2CSc3nncn3N2)c1. The third-order valence-corrected chi connectivity index (χ3v) is 4.97. The molecule has 0 radical (unpaired) electrons. The lowest BCUT2D eigenvalue weighted by atomic mass is 10.3. The van der Waals surface area contributed by atoms with E-state index in [1.807, 2.05) is 4.68 Å². The standard InChI is InChI=1S/C8H7BrN4S2/c9-5-1-7(14-2-5)6-3-15-8-11-10-4-13(8)12-6/h1-2,4,6,12H,3H2. The summed E-state index contributed by atoms with van der Waals surface area (Å²) in [4.78, 5) is 1.33. The van der Waals surface area contributed by atoms with Gasteiger partial charge in [0.15, 0.2) is 0 Å². The minimum absolute atomic E-state index is 0.342. The summed E-state index contributed by atoms with van der Waals surface area (Å²) in [7, 11) is 0. The zero-order chi connectivity index (χ0) is 10.3. The number of nitrogens with zero attached hydrogens (tertiary/aromatic N) is 3. The number of thioether (sulfide) groups is 1. The average Bonchev–Trinajstić information content (AvgIpc) is 2.84. The Morgan fingerprint density at radius 1 is 1.60 bits per heavy atom. The quantitative estimate of drug-likeness (QED) is 0.879. The van der Waals surface area contributed by atoms with Crippen molar-refractivity contribution < 1.29 is 0 Å². The molecule has 15 heavy (non-hydrogen) atoms. The van der Waals surface area contributed by atoms with Crippen LogP contribution in [0.4, 0.5) is 0 Å². The molecule has 78 valence electrons. The Bertz CT molecular complexity index is 480. The highest BCUT2D eigenvalue weighted by Crippen LogP contribution is 2.33. The van der Waals surface area contributed by atoms with Gasteiger partial charge in [-0.1, -0.05) is 11.8 Å². The molecule has 1 atom stereocenters. The van der Waals surface area contributed by atoms with Crippen LogP contribution in [0.1, 0.15) is 10.9 Å². The normalized spacial score (nSPS) is 19.7. The fraction of sp³-hybridized carbons (Fsp3) is 0.250. The largest absolute Gasteiger partial charge is 0.313 e. The topological polar surface area (TPSA) is 42.7 Å². The molecule has 0 saturated carbocycles. The number of fused-ring (bicyclic) bond motifs is 1. The zero-order valence-electron chi connectivity index (χ0n) is 7.55. The molecular formula is C8H7BrN4S2. The number of aromatic nitrogens is 3. The predicted octanol–water partition coefficient (Wildman–Crippen LogP) is 2.49. The van der Waals surface area contributed by atoms with Crippen molar-refractivity contribution in [2.24, 2.45) is 0 Å². The van der Waals surface area contributed by atoms with Crippen molar-refractivity contribution in [1.82, 2.24) is 14.9 Å². The summed E-state index contributed by atoms with van der Waals surface area (Å²) >= 11 is 6.95. The van der Waals surface area contributed by atoms with Gasteiger partial charge in [-0.15, -0.1) is 21.5 Å². The maximum absolute atomic E-state index is 4.00. The van der Waals surface area contributed by atoms with Crippen LogP contribution >= 0.6 is 39.0 Å². The summed E-state index contributed by atoms with van der Waals surface area (Å²) in [5.74, 6) is 0.992. The number of hydrogen-bond donors (Lipinski definition) is 1. The van der Waals surface area contributed by atoms with Crippen LogP contribution in [0.25, 0.3) is 0 Å². The molecule has 7 heteroatoms. The van der Waals surface area contributed by atoms with E-state index in [1.165, 1.54) is 4.88 Å². The van der Waals surface area contributed by atoms with Gasteiger partial charge in [0.2, 0.25) is 5.16 Å². The van der Waals surface area contributed by atoms with Gasteiger partial charge in [-0.3, -0.25) is 0 Å². The molecule has 2 aromatic rings. The van der Waals surface area contributed by atoms with Gasteiger partial charge in [0.05, 0.1) is 6.04 Å². The van der Waals surface area contributed by atoms with Crippen LogP contribution in [0.15, 0.2) is 27.4 Å². The van der Waals surface area contributed by atoms with Crippen LogP contribution in [0.5, 0.6) is 0 Å². The summed E-state index contributed by atoms with van der Waals surface area (Å²) in [6.07, 6.45) is 1.71. The zero-order valence-corrected chi connectivity index (χ0v) is 10.8. The smallest absolute Gasteiger partial charge is 0.209 e. The fourth-order valence-electron chi connectivity index (χ4n) is 1.43. The highest BCUT2D eigenvalue weighted by Gasteiger charge is 2.21. The average molecular weight is 303 g/mol. The molecule has 1 aliphatic rings. The Balaban J connectivity index is 1.87. The molecule has 0 amide bonds. The summed E-state index contributed by atoms with van der Waals surface area (Å²) < 4.78 is 3.02. The van der Waals surface area contributed by atoms with Crippen LogP contribution < -0.4 is 5.43 Å². The molecule has 0 aromatic carbocycles. The first-order chi connectivity index (χ1) is 7.33. The Kier molecular flexibility index (Phi) is 2.45. The maximum atomic E-state index is 4.00. The van der Waals surface area contributed by atoms with Crippen molar-refractivity contribution in [2.75, 3.05) is 11.2 Å². The van der Waals surface area contributed by atoms with Crippen LogP contribution in [0.3, 0.4) is 0 Å². The first-order valence-corrected chi connectivity index (χ1v) is 7.02. The Hall–Kier alpha value is -0.530. The number of nitrogens with one attached hydrogen (secondary N) is 1.